The number of benzene rings is 3. The van der Waals surface area contributed by atoms with E-state index in [1.54, 1.807) is 30.3 Å². The number of cyclic esters (lactones) is 1. The molecule has 0 amide bonds. The zero-order valence-corrected chi connectivity index (χ0v) is 29.2. The molecular formula is C36H46O6Si2. The molecule has 3 aromatic carbocycles. The molecule has 8 heteroatoms. The van der Waals surface area contributed by atoms with Crippen molar-refractivity contribution < 1.29 is 27.9 Å². The second-order valence-corrected chi connectivity index (χ2v) is 22.9. The molecule has 1 heterocycles. The largest absolute Gasteiger partial charge is 0.459 e. The average molecular weight is 631 g/mol. The molecule has 44 heavy (non-hydrogen) atoms. The smallest absolute Gasteiger partial charge is 0.338 e. The maximum Gasteiger partial charge on any atom is 0.338 e. The lowest BCUT2D eigenvalue weighted by molar-refractivity contribution is -0.158. The van der Waals surface area contributed by atoms with Crippen molar-refractivity contribution in [2.75, 3.05) is 6.61 Å². The summed E-state index contributed by atoms with van der Waals surface area (Å²) in [5.74, 6) is -0.947. The van der Waals surface area contributed by atoms with Crippen LogP contribution in [0.5, 0.6) is 0 Å². The van der Waals surface area contributed by atoms with Crippen LogP contribution in [0.3, 0.4) is 0 Å². The Kier molecular flexibility index (Phi) is 10.2. The van der Waals surface area contributed by atoms with Crippen LogP contribution >= 0.6 is 0 Å². The Hall–Kier alpha value is -3.31. The van der Waals surface area contributed by atoms with Gasteiger partial charge in [-0.05, 0) is 51.8 Å². The molecule has 0 radical (unpaired) electrons. The van der Waals surface area contributed by atoms with E-state index in [1.165, 1.54) is 6.08 Å². The summed E-state index contributed by atoms with van der Waals surface area (Å²) in [7, 11) is -5.46. The van der Waals surface area contributed by atoms with Crippen LogP contribution in [0.25, 0.3) is 0 Å². The molecule has 6 nitrogen and oxygen atoms in total. The van der Waals surface area contributed by atoms with Gasteiger partial charge in [-0.3, -0.25) is 0 Å². The second kappa shape index (κ2) is 13.4. The first-order valence-corrected chi connectivity index (χ1v) is 20.0. The van der Waals surface area contributed by atoms with Gasteiger partial charge in [0.05, 0.1) is 5.56 Å². The third-order valence-electron chi connectivity index (χ3n) is 8.73. The van der Waals surface area contributed by atoms with Crippen LogP contribution in [0.4, 0.5) is 0 Å². The first-order valence-electron chi connectivity index (χ1n) is 15.2. The predicted molar refractivity (Wildman–Crippen MR) is 180 cm³/mol. The van der Waals surface area contributed by atoms with Gasteiger partial charge in [0, 0.05) is 6.08 Å². The minimum absolute atomic E-state index is 0.0824. The van der Waals surface area contributed by atoms with Gasteiger partial charge in [-0.1, -0.05) is 120 Å². The lowest BCUT2D eigenvalue weighted by Crippen LogP contribution is -2.69. The highest BCUT2D eigenvalue weighted by atomic mass is 28.4. The van der Waals surface area contributed by atoms with E-state index in [0.717, 1.165) is 10.4 Å². The van der Waals surface area contributed by atoms with Gasteiger partial charge in [0.25, 0.3) is 8.32 Å². The molecule has 3 atom stereocenters. The van der Waals surface area contributed by atoms with E-state index in [-0.39, 0.29) is 16.7 Å². The molecule has 3 aromatic rings. The van der Waals surface area contributed by atoms with E-state index in [9.17, 15) is 9.59 Å². The highest BCUT2D eigenvalue weighted by Gasteiger charge is 2.54. The summed E-state index contributed by atoms with van der Waals surface area (Å²) in [6, 6.07) is 29.4. The molecule has 0 bridgehead atoms. The SMILES string of the molecule is CC(C)(C)[Si](C)(C)O[C@@H]1C=CC(=O)O[C@@H]1[C@@H](COC(=O)c1ccccc1)O[Si](c1ccccc1)(c1ccccc1)C(C)(C)C. The van der Waals surface area contributed by atoms with Crippen LogP contribution in [0.1, 0.15) is 51.9 Å². The van der Waals surface area contributed by atoms with Crippen molar-refractivity contribution in [3.05, 3.63) is 109 Å². The summed E-state index contributed by atoms with van der Waals surface area (Å²) in [5, 5.41) is 1.69. The Balaban J connectivity index is 1.85. The Labute approximate surface area is 264 Å². The summed E-state index contributed by atoms with van der Waals surface area (Å²) in [5.41, 5.74) is 0.436. The second-order valence-electron chi connectivity index (χ2n) is 13.9. The van der Waals surface area contributed by atoms with Crippen LogP contribution in [-0.2, 0) is 23.1 Å². The minimum atomic E-state index is -3.15. The standard InChI is InChI=1S/C36H46O6Si2/c1-35(2,3)43(7,8)41-30-24-25-32(37)40-33(30)31(26-39-34(38)27-18-12-9-13-19-27)42-44(36(4,5)6,28-20-14-10-15-21-28)29-22-16-11-17-23-29/h9-25,30-31,33H,26H2,1-8H3/t30-,31-,33+/m1/s1. The topological polar surface area (TPSA) is 71.1 Å². The van der Waals surface area contributed by atoms with Crippen molar-refractivity contribution in [2.45, 2.75) is 83.0 Å². The van der Waals surface area contributed by atoms with Crippen molar-refractivity contribution in [1.29, 1.82) is 0 Å². The fraction of sp³-hybridized carbons (Fsp3) is 0.389. The highest BCUT2D eigenvalue weighted by molar-refractivity contribution is 6.99. The lowest BCUT2D eigenvalue weighted by Gasteiger charge is -2.48. The molecule has 1 aliphatic rings. The number of esters is 2. The zero-order chi connectivity index (χ0) is 32.2. The van der Waals surface area contributed by atoms with Crippen molar-refractivity contribution in [3.63, 3.8) is 0 Å². The molecule has 4 rings (SSSR count). The third-order valence-corrected chi connectivity index (χ3v) is 18.3. The molecule has 0 fully saturated rings. The minimum Gasteiger partial charge on any atom is -0.459 e. The molecular weight excluding hydrogens is 585 g/mol. The van der Waals surface area contributed by atoms with Gasteiger partial charge < -0.3 is 18.3 Å². The molecule has 0 spiro atoms. The van der Waals surface area contributed by atoms with Gasteiger partial charge in [0.2, 0.25) is 0 Å². The summed E-state index contributed by atoms with van der Waals surface area (Å²) in [6.07, 6.45) is 0.957. The predicted octanol–water partition coefficient (Wildman–Crippen LogP) is 6.66. The molecule has 0 aromatic heterocycles. The maximum atomic E-state index is 13.2. The van der Waals surface area contributed by atoms with Crippen LogP contribution in [0.15, 0.2) is 103 Å². The number of carbonyl (C=O) groups is 2. The lowest BCUT2D eigenvalue weighted by atomic mass is 10.1. The molecule has 0 aliphatic carbocycles. The Bertz CT molecular complexity index is 1390. The summed E-state index contributed by atoms with van der Waals surface area (Å²) < 4.78 is 26.3. The van der Waals surface area contributed by atoms with Gasteiger partial charge in [-0.2, -0.15) is 0 Å². The normalized spacial score (nSPS) is 18.4. The van der Waals surface area contributed by atoms with Crippen molar-refractivity contribution in [1.82, 2.24) is 0 Å². The van der Waals surface area contributed by atoms with Crippen LogP contribution in [0.2, 0.25) is 23.2 Å². The molecule has 0 saturated heterocycles. The summed E-state index contributed by atoms with van der Waals surface area (Å²) in [4.78, 5) is 26.1. The molecule has 0 saturated carbocycles. The Morgan fingerprint density at radius 3 is 1.77 bits per heavy atom. The van der Waals surface area contributed by atoms with E-state index in [4.69, 9.17) is 18.3 Å². The Morgan fingerprint density at radius 1 is 0.795 bits per heavy atom. The van der Waals surface area contributed by atoms with Gasteiger partial charge >= 0.3 is 11.9 Å². The van der Waals surface area contributed by atoms with E-state index in [0.29, 0.717) is 5.56 Å². The fourth-order valence-corrected chi connectivity index (χ4v) is 11.3. The van der Waals surface area contributed by atoms with Gasteiger partial charge in [0.1, 0.15) is 18.8 Å². The van der Waals surface area contributed by atoms with Gasteiger partial charge in [0.15, 0.2) is 14.4 Å². The quantitative estimate of drug-likeness (QED) is 0.184. The first kappa shape index (κ1) is 33.6. The van der Waals surface area contributed by atoms with Crippen molar-refractivity contribution in [3.8, 4) is 0 Å². The van der Waals surface area contributed by atoms with Crippen molar-refractivity contribution >= 4 is 38.9 Å². The Morgan fingerprint density at radius 2 is 1.30 bits per heavy atom. The maximum absolute atomic E-state index is 13.2. The van der Waals surface area contributed by atoms with Crippen LogP contribution in [0, 0.1) is 0 Å². The highest BCUT2D eigenvalue weighted by Crippen LogP contribution is 2.41. The van der Waals surface area contributed by atoms with Crippen LogP contribution in [-0.4, -0.2) is 53.5 Å². The fourth-order valence-electron chi connectivity index (χ4n) is 5.36. The molecule has 1 aliphatic heterocycles. The van der Waals surface area contributed by atoms with Crippen molar-refractivity contribution in [2.24, 2.45) is 0 Å². The number of hydrogen-bond donors (Lipinski definition) is 0. The summed E-state index contributed by atoms with van der Waals surface area (Å²) >= 11 is 0. The zero-order valence-electron chi connectivity index (χ0n) is 27.2. The molecule has 0 N–H and O–H groups in total. The molecule has 0 unspecified atom stereocenters. The van der Waals surface area contributed by atoms with E-state index in [2.05, 4.69) is 78.9 Å². The number of ether oxygens (including phenoxy) is 2. The monoisotopic (exact) mass is 630 g/mol. The van der Waals surface area contributed by atoms with Gasteiger partial charge in [-0.15, -0.1) is 0 Å². The van der Waals surface area contributed by atoms with E-state index in [1.807, 2.05) is 42.5 Å². The average Bonchev–Trinajstić information content (AvgIpc) is 2.98. The van der Waals surface area contributed by atoms with E-state index < -0.39 is 46.9 Å². The first-order chi connectivity index (χ1) is 20.7. The van der Waals surface area contributed by atoms with E-state index >= 15 is 0 Å². The molecule has 234 valence electrons. The number of hydrogen-bond acceptors (Lipinski definition) is 6. The van der Waals surface area contributed by atoms with Crippen LogP contribution < -0.4 is 10.4 Å². The number of carbonyl (C=O) groups excluding carboxylic acids is 2. The third kappa shape index (κ3) is 7.31. The number of rotatable bonds is 10. The summed E-state index contributed by atoms with van der Waals surface area (Å²) in [6.45, 7) is 17.3. The van der Waals surface area contributed by atoms with Gasteiger partial charge in [-0.25, -0.2) is 9.59 Å².